The number of hydrogen-bond acceptors (Lipinski definition) is 3. The Bertz CT molecular complexity index is 1110. The lowest BCUT2D eigenvalue weighted by atomic mass is 10.1. The van der Waals surface area contributed by atoms with Crippen LogP contribution in [0.25, 0.3) is 33.4 Å². The maximum Gasteiger partial charge on any atom is 0.137 e. The van der Waals surface area contributed by atoms with Crippen LogP contribution in [0.4, 0.5) is 0 Å². The molecule has 0 aliphatic carbocycles. The van der Waals surface area contributed by atoms with Gasteiger partial charge in [-0.25, -0.2) is 0 Å². The van der Waals surface area contributed by atoms with Crippen molar-refractivity contribution in [2.75, 3.05) is 0 Å². The SMILES string of the molecule is CC(C)Oc1ccc(-c2cc(-c3ccc4[nH]ccc4c3)n[nH]2)cc1C#N. The van der Waals surface area contributed by atoms with Crippen molar-refractivity contribution < 1.29 is 4.74 Å². The summed E-state index contributed by atoms with van der Waals surface area (Å²) in [4.78, 5) is 3.19. The zero-order valence-electron chi connectivity index (χ0n) is 14.6. The first-order chi connectivity index (χ1) is 12.6. The van der Waals surface area contributed by atoms with Crippen molar-refractivity contribution in [1.29, 1.82) is 5.26 Å². The van der Waals surface area contributed by atoms with E-state index < -0.39 is 0 Å². The Morgan fingerprint density at radius 2 is 1.88 bits per heavy atom. The van der Waals surface area contributed by atoms with Crippen LogP contribution >= 0.6 is 0 Å². The van der Waals surface area contributed by atoms with Gasteiger partial charge >= 0.3 is 0 Å². The number of fused-ring (bicyclic) bond motifs is 1. The Balaban J connectivity index is 1.68. The van der Waals surface area contributed by atoms with Gasteiger partial charge in [0.15, 0.2) is 0 Å². The zero-order chi connectivity index (χ0) is 18.1. The second kappa shape index (κ2) is 6.41. The number of rotatable bonds is 4. The number of nitriles is 1. The van der Waals surface area contributed by atoms with Crippen molar-refractivity contribution in [1.82, 2.24) is 15.2 Å². The van der Waals surface area contributed by atoms with Crippen molar-refractivity contribution in [3.8, 4) is 34.3 Å². The number of benzene rings is 2. The summed E-state index contributed by atoms with van der Waals surface area (Å²) in [7, 11) is 0. The van der Waals surface area contributed by atoms with Crippen LogP contribution in [0.3, 0.4) is 0 Å². The molecule has 4 rings (SSSR count). The van der Waals surface area contributed by atoms with E-state index in [2.05, 4.69) is 27.3 Å². The summed E-state index contributed by atoms with van der Waals surface area (Å²) in [5, 5.41) is 18.1. The summed E-state index contributed by atoms with van der Waals surface area (Å²) >= 11 is 0. The first kappa shape index (κ1) is 16.0. The standard InChI is InChI=1S/C21H18N4O/c1-13(2)26-21-6-4-15(10-17(21)12-22)20-11-19(24-25-20)14-3-5-18-16(9-14)7-8-23-18/h3-11,13,23H,1-2H3,(H,24,25). The van der Waals surface area contributed by atoms with Crippen molar-refractivity contribution in [2.24, 2.45) is 0 Å². The normalized spacial score (nSPS) is 11.0. The Labute approximate surface area is 151 Å². The fraction of sp³-hybridized carbons (Fsp3) is 0.143. The van der Waals surface area contributed by atoms with Gasteiger partial charge in [-0.1, -0.05) is 6.07 Å². The summed E-state index contributed by atoms with van der Waals surface area (Å²) in [5.74, 6) is 0.601. The summed E-state index contributed by atoms with van der Waals surface area (Å²) < 4.78 is 5.68. The zero-order valence-corrected chi connectivity index (χ0v) is 14.6. The number of nitrogens with zero attached hydrogens (tertiary/aromatic N) is 2. The average molecular weight is 342 g/mol. The van der Waals surface area contributed by atoms with Crippen molar-refractivity contribution in [2.45, 2.75) is 20.0 Å². The molecule has 0 saturated heterocycles. The Kier molecular flexibility index (Phi) is 3.94. The summed E-state index contributed by atoms with van der Waals surface area (Å²) in [6.07, 6.45) is 1.95. The minimum atomic E-state index is 0.0232. The first-order valence-corrected chi connectivity index (χ1v) is 8.48. The molecule has 2 N–H and O–H groups in total. The van der Waals surface area contributed by atoms with E-state index in [1.807, 2.05) is 62.5 Å². The number of hydrogen-bond donors (Lipinski definition) is 2. The van der Waals surface area contributed by atoms with E-state index in [4.69, 9.17) is 4.74 Å². The molecule has 0 unspecified atom stereocenters. The highest BCUT2D eigenvalue weighted by molar-refractivity contribution is 5.85. The fourth-order valence-electron chi connectivity index (χ4n) is 2.97. The van der Waals surface area contributed by atoms with Gasteiger partial charge in [0.25, 0.3) is 0 Å². The third-order valence-electron chi connectivity index (χ3n) is 4.20. The van der Waals surface area contributed by atoms with Gasteiger partial charge in [-0.2, -0.15) is 10.4 Å². The van der Waals surface area contributed by atoms with Gasteiger partial charge in [0.05, 0.1) is 23.1 Å². The molecule has 0 radical (unpaired) electrons. The Morgan fingerprint density at radius 1 is 1.04 bits per heavy atom. The molecule has 4 aromatic rings. The monoisotopic (exact) mass is 342 g/mol. The molecule has 5 nitrogen and oxygen atoms in total. The third kappa shape index (κ3) is 2.93. The highest BCUT2D eigenvalue weighted by Gasteiger charge is 2.11. The molecule has 0 saturated carbocycles. The van der Waals surface area contributed by atoms with Gasteiger partial charge in [0, 0.05) is 28.2 Å². The number of ether oxygens (including phenoxy) is 1. The molecule has 0 bridgehead atoms. The maximum absolute atomic E-state index is 9.41. The molecule has 2 aromatic carbocycles. The molecule has 0 amide bonds. The molecular formula is C21H18N4O. The topological polar surface area (TPSA) is 77.5 Å². The number of aromatic amines is 2. The van der Waals surface area contributed by atoms with Gasteiger partial charge in [0.2, 0.25) is 0 Å². The second-order valence-electron chi connectivity index (χ2n) is 6.44. The highest BCUT2D eigenvalue weighted by Crippen LogP contribution is 2.29. The van der Waals surface area contributed by atoms with Crippen LogP contribution in [0.5, 0.6) is 5.75 Å². The van der Waals surface area contributed by atoms with Crippen LogP contribution in [0.1, 0.15) is 19.4 Å². The summed E-state index contributed by atoms with van der Waals surface area (Å²) in [6, 6.07) is 18.0. The number of H-pyrrole nitrogens is 2. The van der Waals surface area contributed by atoms with Crippen molar-refractivity contribution >= 4 is 10.9 Å². The predicted octanol–water partition coefficient (Wildman–Crippen LogP) is 4.88. The van der Waals surface area contributed by atoms with Crippen LogP contribution in [0, 0.1) is 11.3 Å². The van der Waals surface area contributed by atoms with E-state index in [1.165, 1.54) is 0 Å². The van der Waals surface area contributed by atoms with Crippen LogP contribution in [0.15, 0.2) is 54.7 Å². The molecule has 128 valence electrons. The Hall–Kier alpha value is -3.52. The van der Waals surface area contributed by atoms with Gasteiger partial charge in [0.1, 0.15) is 11.8 Å². The fourth-order valence-corrected chi connectivity index (χ4v) is 2.97. The molecule has 2 heterocycles. The lowest BCUT2D eigenvalue weighted by molar-refractivity contribution is 0.242. The molecule has 0 aliphatic heterocycles. The molecule has 0 fully saturated rings. The molecule has 0 spiro atoms. The molecule has 5 heteroatoms. The minimum absolute atomic E-state index is 0.0232. The molecular weight excluding hydrogens is 324 g/mol. The van der Waals surface area contributed by atoms with E-state index in [0.717, 1.165) is 33.4 Å². The first-order valence-electron chi connectivity index (χ1n) is 8.48. The average Bonchev–Trinajstić information content (AvgIpc) is 3.30. The van der Waals surface area contributed by atoms with Crippen molar-refractivity contribution in [3.05, 3.63) is 60.3 Å². The lowest BCUT2D eigenvalue weighted by Crippen LogP contribution is -2.06. The summed E-state index contributed by atoms with van der Waals surface area (Å²) in [6.45, 7) is 3.88. The Morgan fingerprint density at radius 3 is 2.69 bits per heavy atom. The number of nitrogens with one attached hydrogen (secondary N) is 2. The molecule has 0 aliphatic rings. The van der Waals surface area contributed by atoms with Gasteiger partial charge in [-0.15, -0.1) is 0 Å². The van der Waals surface area contributed by atoms with E-state index in [-0.39, 0.29) is 6.10 Å². The maximum atomic E-state index is 9.41. The van der Waals surface area contributed by atoms with Crippen molar-refractivity contribution in [3.63, 3.8) is 0 Å². The van der Waals surface area contributed by atoms with Crippen LogP contribution in [-0.2, 0) is 0 Å². The van der Waals surface area contributed by atoms with Gasteiger partial charge in [-0.05, 0) is 56.3 Å². The van der Waals surface area contributed by atoms with E-state index in [1.54, 1.807) is 0 Å². The highest BCUT2D eigenvalue weighted by atomic mass is 16.5. The smallest absolute Gasteiger partial charge is 0.137 e. The molecule has 26 heavy (non-hydrogen) atoms. The quantitative estimate of drug-likeness (QED) is 0.554. The van der Waals surface area contributed by atoms with Gasteiger partial charge < -0.3 is 9.72 Å². The van der Waals surface area contributed by atoms with Crippen LogP contribution < -0.4 is 4.74 Å². The van der Waals surface area contributed by atoms with Gasteiger partial charge in [-0.3, -0.25) is 5.10 Å². The van der Waals surface area contributed by atoms with Crippen LogP contribution in [-0.4, -0.2) is 21.3 Å². The molecule has 2 aromatic heterocycles. The molecule has 0 atom stereocenters. The van der Waals surface area contributed by atoms with Crippen LogP contribution in [0.2, 0.25) is 0 Å². The minimum Gasteiger partial charge on any atom is -0.490 e. The number of aromatic nitrogens is 3. The lowest BCUT2D eigenvalue weighted by Gasteiger charge is -2.11. The second-order valence-corrected chi connectivity index (χ2v) is 6.44. The van der Waals surface area contributed by atoms with E-state index in [0.29, 0.717) is 11.3 Å². The predicted molar refractivity (Wildman–Crippen MR) is 102 cm³/mol. The summed E-state index contributed by atoms with van der Waals surface area (Å²) in [5.41, 5.74) is 5.29. The van der Waals surface area contributed by atoms with E-state index >= 15 is 0 Å². The van der Waals surface area contributed by atoms with E-state index in [9.17, 15) is 5.26 Å². The largest absolute Gasteiger partial charge is 0.490 e. The third-order valence-corrected chi connectivity index (χ3v) is 4.20.